The summed E-state index contributed by atoms with van der Waals surface area (Å²) in [5, 5.41) is 4.13. The maximum absolute atomic E-state index is 13.3. The van der Waals surface area contributed by atoms with Crippen LogP contribution in [0.15, 0.2) is 65.2 Å². The average molecular weight is 582 g/mol. The maximum atomic E-state index is 13.3. The van der Waals surface area contributed by atoms with Crippen molar-refractivity contribution in [3.8, 4) is 17.2 Å². The van der Waals surface area contributed by atoms with Crippen molar-refractivity contribution in [3.05, 3.63) is 72.5 Å². The summed E-state index contributed by atoms with van der Waals surface area (Å²) in [7, 11) is 1.58. The van der Waals surface area contributed by atoms with Gasteiger partial charge in [-0.2, -0.15) is 0 Å². The van der Waals surface area contributed by atoms with Gasteiger partial charge in [0.05, 0.1) is 35.4 Å². The molecule has 2 aromatic carbocycles. The van der Waals surface area contributed by atoms with Gasteiger partial charge in [-0.05, 0) is 37.1 Å². The van der Waals surface area contributed by atoms with E-state index < -0.39 is 6.04 Å². The van der Waals surface area contributed by atoms with Gasteiger partial charge in [0, 0.05) is 37.6 Å². The molecule has 1 atom stereocenters. The summed E-state index contributed by atoms with van der Waals surface area (Å²) in [5.74, 6) is 2.56. The van der Waals surface area contributed by atoms with E-state index in [9.17, 15) is 9.59 Å². The lowest BCUT2D eigenvalue weighted by molar-refractivity contribution is -0.122. The standard InChI is InChI=1S/C34H39N5O4/c1-4-24(40)14-7-6-8-17-28(37-32(41)19-20-39-29-18-12-11-16-27(29)36-31(39)5-2)34-35-22-30(43-34)25-21-23-13-9-10-15-26(23)38-33(25)42-3/h9-13,15-16,18,21-22,28H,4-8,14,17,19-20H2,1-3H3,(H,37,41). The molecule has 5 rings (SSSR count). The largest absolute Gasteiger partial charge is 0.480 e. The molecule has 0 fully saturated rings. The summed E-state index contributed by atoms with van der Waals surface area (Å²) in [6, 6.07) is 17.4. The zero-order chi connectivity index (χ0) is 30.2. The molecule has 0 aliphatic rings. The van der Waals surface area contributed by atoms with Crippen LogP contribution in [0.3, 0.4) is 0 Å². The topological polar surface area (TPSA) is 112 Å². The zero-order valence-electron chi connectivity index (χ0n) is 25.1. The van der Waals surface area contributed by atoms with Crippen molar-refractivity contribution in [2.45, 2.75) is 77.8 Å². The number of nitrogens with zero attached hydrogens (tertiary/aromatic N) is 4. The number of hydrogen-bond donors (Lipinski definition) is 1. The Balaban J connectivity index is 1.33. The van der Waals surface area contributed by atoms with E-state index in [1.807, 2.05) is 61.5 Å². The highest BCUT2D eigenvalue weighted by Crippen LogP contribution is 2.33. The maximum Gasteiger partial charge on any atom is 0.224 e. The van der Waals surface area contributed by atoms with Crippen LogP contribution >= 0.6 is 0 Å². The number of hydrogen-bond acceptors (Lipinski definition) is 7. The number of benzene rings is 2. The van der Waals surface area contributed by atoms with Gasteiger partial charge in [0.1, 0.15) is 17.6 Å². The molecule has 0 bridgehead atoms. The van der Waals surface area contributed by atoms with Crippen molar-refractivity contribution in [2.24, 2.45) is 0 Å². The highest BCUT2D eigenvalue weighted by molar-refractivity contribution is 5.85. The summed E-state index contributed by atoms with van der Waals surface area (Å²) in [4.78, 5) is 39.0. The Labute approximate surface area is 251 Å². The molecule has 0 radical (unpaired) electrons. The van der Waals surface area contributed by atoms with E-state index >= 15 is 0 Å². The van der Waals surface area contributed by atoms with Gasteiger partial charge in [-0.25, -0.2) is 15.0 Å². The first kappa shape index (κ1) is 29.9. The summed E-state index contributed by atoms with van der Waals surface area (Å²) in [6.07, 6.45) is 7.08. The second-order valence-corrected chi connectivity index (χ2v) is 10.7. The number of methoxy groups -OCH3 is 1. The van der Waals surface area contributed by atoms with Crippen molar-refractivity contribution >= 4 is 33.6 Å². The number of Topliss-reactive ketones (excluding diaryl/α,β-unsaturated/α-hetero) is 1. The fourth-order valence-corrected chi connectivity index (χ4v) is 5.41. The third-order valence-corrected chi connectivity index (χ3v) is 7.76. The predicted molar refractivity (Wildman–Crippen MR) is 167 cm³/mol. The fourth-order valence-electron chi connectivity index (χ4n) is 5.41. The third kappa shape index (κ3) is 7.10. The Morgan fingerprint density at radius 2 is 1.77 bits per heavy atom. The molecule has 1 N–H and O–H groups in total. The highest BCUT2D eigenvalue weighted by atomic mass is 16.5. The van der Waals surface area contributed by atoms with Crippen LogP contribution in [0.2, 0.25) is 0 Å². The number of unbranched alkanes of at least 4 members (excludes halogenated alkanes) is 2. The van der Waals surface area contributed by atoms with E-state index in [-0.39, 0.29) is 11.7 Å². The number of rotatable bonds is 15. The monoisotopic (exact) mass is 581 g/mol. The number of ketones is 1. The summed E-state index contributed by atoms with van der Waals surface area (Å²) >= 11 is 0. The predicted octanol–water partition coefficient (Wildman–Crippen LogP) is 6.99. The Morgan fingerprint density at radius 3 is 2.56 bits per heavy atom. The molecule has 9 heteroatoms. The van der Waals surface area contributed by atoms with Crippen LogP contribution < -0.4 is 10.1 Å². The van der Waals surface area contributed by atoms with Gasteiger partial charge < -0.3 is 19.0 Å². The molecule has 0 saturated carbocycles. The van der Waals surface area contributed by atoms with Gasteiger partial charge in [0.25, 0.3) is 0 Å². The minimum absolute atomic E-state index is 0.0873. The Kier molecular flexibility index (Phi) is 9.81. The molecule has 3 aromatic heterocycles. The van der Waals surface area contributed by atoms with Gasteiger partial charge in [-0.1, -0.05) is 57.0 Å². The lowest BCUT2D eigenvalue weighted by Crippen LogP contribution is -2.29. The van der Waals surface area contributed by atoms with Gasteiger partial charge in [0.2, 0.25) is 17.7 Å². The molecule has 0 spiro atoms. The Bertz CT molecular complexity index is 1710. The van der Waals surface area contributed by atoms with Crippen LogP contribution in [0.1, 0.15) is 76.6 Å². The molecule has 0 saturated heterocycles. The van der Waals surface area contributed by atoms with E-state index in [4.69, 9.17) is 14.1 Å². The Morgan fingerprint density at radius 1 is 0.977 bits per heavy atom. The molecule has 0 aliphatic heterocycles. The normalized spacial score (nSPS) is 12.1. The number of carbonyl (C=O) groups is 2. The van der Waals surface area contributed by atoms with Crippen LogP contribution in [0.4, 0.5) is 0 Å². The number of fused-ring (bicyclic) bond motifs is 2. The van der Waals surface area contributed by atoms with Crippen molar-refractivity contribution in [3.63, 3.8) is 0 Å². The van der Waals surface area contributed by atoms with E-state index in [1.165, 1.54) is 0 Å². The first-order valence-electron chi connectivity index (χ1n) is 15.2. The van der Waals surface area contributed by atoms with E-state index in [2.05, 4.69) is 26.8 Å². The molecule has 1 unspecified atom stereocenters. The second kappa shape index (κ2) is 14.1. The van der Waals surface area contributed by atoms with E-state index in [0.29, 0.717) is 55.3 Å². The SMILES string of the molecule is CCC(=O)CCCCCC(NC(=O)CCn1c(CC)nc2ccccc21)c1ncc(-c2cc3ccccc3nc2OC)o1. The second-order valence-electron chi connectivity index (χ2n) is 10.7. The Hall–Kier alpha value is -4.53. The molecule has 43 heavy (non-hydrogen) atoms. The lowest BCUT2D eigenvalue weighted by Gasteiger charge is -2.16. The first-order chi connectivity index (χ1) is 21.0. The van der Waals surface area contributed by atoms with Gasteiger partial charge >= 0.3 is 0 Å². The van der Waals surface area contributed by atoms with Crippen LogP contribution in [0.5, 0.6) is 5.88 Å². The zero-order valence-corrected chi connectivity index (χ0v) is 25.1. The first-order valence-corrected chi connectivity index (χ1v) is 15.2. The molecule has 3 heterocycles. The minimum atomic E-state index is -0.410. The number of para-hydroxylation sites is 3. The summed E-state index contributed by atoms with van der Waals surface area (Å²) in [6.45, 7) is 4.49. The third-order valence-electron chi connectivity index (χ3n) is 7.76. The van der Waals surface area contributed by atoms with Crippen molar-refractivity contribution in [1.29, 1.82) is 0 Å². The molecule has 5 aromatic rings. The fraction of sp³-hybridized carbons (Fsp3) is 0.382. The average Bonchev–Trinajstić information content (AvgIpc) is 3.67. The highest BCUT2D eigenvalue weighted by Gasteiger charge is 2.22. The van der Waals surface area contributed by atoms with Gasteiger partial charge in [-0.15, -0.1) is 0 Å². The number of carbonyl (C=O) groups excluding carboxylic acids is 2. The molecule has 9 nitrogen and oxygen atoms in total. The van der Waals surface area contributed by atoms with Crippen LogP contribution in [0.25, 0.3) is 33.3 Å². The minimum Gasteiger partial charge on any atom is -0.480 e. The van der Waals surface area contributed by atoms with Crippen molar-refractivity contribution in [1.82, 2.24) is 24.8 Å². The quantitative estimate of drug-likeness (QED) is 0.133. The van der Waals surface area contributed by atoms with Crippen molar-refractivity contribution < 1.29 is 18.7 Å². The molecule has 0 aliphatic carbocycles. The molecular weight excluding hydrogens is 542 g/mol. The molecule has 1 amide bonds. The lowest BCUT2D eigenvalue weighted by atomic mass is 10.0. The van der Waals surface area contributed by atoms with Crippen LogP contribution in [-0.4, -0.2) is 38.3 Å². The molecule has 224 valence electrons. The number of pyridine rings is 1. The number of aryl methyl sites for hydroxylation is 2. The van der Waals surface area contributed by atoms with Crippen LogP contribution in [0, 0.1) is 0 Å². The summed E-state index contributed by atoms with van der Waals surface area (Å²) in [5.41, 5.74) is 3.49. The smallest absolute Gasteiger partial charge is 0.224 e. The van der Waals surface area contributed by atoms with Crippen molar-refractivity contribution in [2.75, 3.05) is 7.11 Å². The number of oxazole rings is 1. The number of imidazole rings is 1. The number of ether oxygens (including phenoxy) is 1. The van der Waals surface area contributed by atoms with Crippen LogP contribution in [-0.2, 0) is 22.6 Å². The number of nitrogens with one attached hydrogen (secondary N) is 1. The summed E-state index contributed by atoms with van der Waals surface area (Å²) < 4.78 is 14.0. The van der Waals surface area contributed by atoms with E-state index in [1.54, 1.807) is 13.3 Å². The van der Waals surface area contributed by atoms with Gasteiger partial charge in [0.15, 0.2) is 5.76 Å². The molecular formula is C34H39N5O4. The number of amides is 1. The van der Waals surface area contributed by atoms with Gasteiger partial charge in [-0.3, -0.25) is 9.59 Å². The van der Waals surface area contributed by atoms with E-state index in [0.717, 1.165) is 53.4 Å². The number of aromatic nitrogens is 4.